The predicted octanol–water partition coefficient (Wildman–Crippen LogP) is 3.62. The van der Waals surface area contributed by atoms with Gasteiger partial charge in [-0.1, -0.05) is 30.3 Å². The lowest BCUT2D eigenvalue weighted by molar-refractivity contribution is -0.146. The summed E-state index contributed by atoms with van der Waals surface area (Å²) in [6, 6.07) is 13.0. The Kier molecular flexibility index (Phi) is 4.69. The van der Waals surface area contributed by atoms with Gasteiger partial charge in [0, 0.05) is 17.8 Å². The molecule has 1 N–H and O–H groups in total. The van der Waals surface area contributed by atoms with Crippen LogP contribution in [0.25, 0.3) is 5.65 Å². The van der Waals surface area contributed by atoms with Crippen molar-refractivity contribution in [2.24, 2.45) is 0 Å². The van der Waals surface area contributed by atoms with Gasteiger partial charge in [0.25, 0.3) is 5.82 Å². The topological polar surface area (TPSA) is 72.9 Å². The van der Waals surface area contributed by atoms with E-state index in [2.05, 4.69) is 25.7 Å². The van der Waals surface area contributed by atoms with Gasteiger partial charge in [0.2, 0.25) is 0 Å². The summed E-state index contributed by atoms with van der Waals surface area (Å²) in [7, 11) is 0. The van der Waals surface area contributed by atoms with Crippen LogP contribution in [0.3, 0.4) is 0 Å². The number of alkyl halides is 3. The van der Waals surface area contributed by atoms with Crippen LogP contribution in [-0.4, -0.2) is 29.6 Å². The molecule has 150 valence electrons. The lowest BCUT2D eigenvalue weighted by Gasteiger charge is -2.09. The van der Waals surface area contributed by atoms with Gasteiger partial charge in [-0.15, -0.1) is 15.3 Å². The molecule has 29 heavy (non-hydrogen) atoms. The number of aryl methyl sites for hydroxylation is 1. The van der Waals surface area contributed by atoms with Gasteiger partial charge in [0.1, 0.15) is 5.82 Å². The zero-order chi connectivity index (χ0) is 20.6. The van der Waals surface area contributed by atoms with E-state index < -0.39 is 12.0 Å². The molecule has 4 aromatic rings. The Morgan fingerprint density at radius 3 is 2.45 bits per heavy atom. The summed E-state index contributed by atoms with van der Waals surface area (Å²) in [4.78, 5) is 0. The monoisotopic (exact) mass is 401 g/mol. The van der Waals surface area contributed by atoms with Gasteiger partial charge in [-0.25, -0.2) is 0 Å². The molecular weight excluding hydrogens is 383 g/mol. The average molecular weight is 401 g/mol. The Labute approximate surface area is 164 Å². The second kappa shape index (κ2) is 7.19. The van der Waals surface area contributed by atoms with E-state index in [1.165, 1.54) is 6.07 Å². The van der Waals surface area contributed by atoms with E-state index in [4.69, 9.17) is 0 Å². The molecule has 10 heteroatoms. The summed E-state index contributed by atoms with van der Waals surface area (Å²) in [5.74, 6) is -0.864. The second-order valence-corrected chi connectivity index (χ2v) is 6.66. The number of halogens is 3. The molecule has 1 aromatic carbocycles. The zero-order valence-corrected chi connectivity index (χ0v) is 15.8. The van der Waals surface area contributed by atoms with Crippen molar-refractivity contribution in [2.45, 2.75) is 33.1 Å². The Hall–Kier alpha value is -3.43. The smallest absolute Gasteiger partial charge is 0.364 e. The van der Waals surface area contributed by atoms with Gasteiger partial charge in [-0.3, -0.25) is 4.68 Å². The summed E-state index contributed by atoms with van der Waals surface area (Å²) < 4.78 is 41.7. The van der Waals surface area contributed by atoms with Crippen LogP contribution in [0.5, 0.6) is 0 Å². The molecule has 0 atom stereocenters. The Morgan fingerprint density at radius 2 is 1.72 bits per heavy atom. The first-order valence-corrected chi connectivity index (χ1v) is 8.93. The lowest BCUT2D eigenvalue weighted by Crippen LogP contribution is -2.13. The first-order chi connectivity index (χ1) is 13.8. The number of hydrogen-bond acceptors (Lipinski definition) is 5. The van der Waals surface area contributed by atoms with Crippen molar-refractivity contribution in [3.05, 3.63) is 70.8 Å². The SMILES string of the molecule is Cc1nn(Cc2ccccc2)c(C)c1CNc1ccc2nnc(C(F)(F)F)n2n1. The predicted molar refractivity (Wildman–Crippen MR) is 100 cm³/mol. The molecule has 0 bridgehead atoms. The third-order valence-electron chi connectivity index (χ3n) is 4.67. The minimum Gasteiger partial charge on any atom is -0.364 e. The van der Waals surface area contributed by atoms with E-state index in [0.29, 0.717) is 17.6 Å². The lowest BCUT2D eigenvalue weighted by atomic mass is 10.2. The van der Waals surface area contributed by atoms with Crippen LogP contribution < -0.4 is 5.32 Å². The zero-order valence-electron chi connectivity index (χ0n) is 15.8. The molecule has 0 aliphatic carbocycles. The fourth-order valence-electron chi connectivity index (χ4n) is 3.14. The molecule has 0 fully saturated rings. The van der Waals surface area contributed by atoms with Crippen molar-refractivity contribution >= 4 is 11.5 Å². The van der Waals surface area contributed by atoms with E-state index in [9.17, 15) is 13.2 Å². The third kappa shape index (κ3) is 3.78. The van der Waals surface area contributed by atoms with Crippen molar-refractivity contribution < 1.29 is 13.2 Å². The standard InChI is InChI=1S/C19H18F3N7/c1-12-15(13(2)28(26-12)11-14-6-4-3-5-7-14)10-23-16-8-9-17-24-25-18(19(20,21)22)29(17)27-16/h3-9H,10-11H2,1-2H3,(H,23,27). The minimum absolute atomic E-state index is 0.0333. The number of nitrogens with one attached hydrogen (secondary N) is 1. The highest BCUT2D eigenvalue weighted by Gasteiger charge is 2.37. The molecule has 0 saturated heterocycles. The largest absolute Gasteiger partial charge is 0.453 e. The summed E-state index contributed by atoms with van der Waals surface area (Å²) in [5.41, 5.74) is 3.98. The van der Waals surface area contributed by atoms with E-state index in [1.54, 1.807) is 6.07 Å². The Balaban J connectivity index is 1.55. The minimum atomic E-state index is -4.63. The third-order valence-corrected chi connectivity index (χ3v) is 4.67. The number of hydrogen-bond donors (Lipinski definition) is 1. The number of nitrogens with zero attached hydrogens (tertiary/aromatic N) is 6. The van der Waals surface area contributed by atoms with Crippen molar-refractivity contribution in [1.29, 1.82) is 0 Å². The van der Waals surface area contributed by atoms with Gasteiger partial charge in [-0.2, -0.15) is 22.8 Å². The molecule has 0 spiro atoms. The number of aromatic nitrogens is 6. The molecule has 3 heterocycles. The number of fused-ring (bicyclic) bond motifs is 1. The molecule has 3 aromatic heterocycles. The van der Waals surface area contributed by atoms with Crippen LogP contribution in [0, 0.1) is 13.8 Å². The quantitative estimate of drug-likeness (QED) is 0.553. The van der Waals surface area contributed by atoms with Crippen molar-refractivity contribution in [2.75, 3.05) is 5.32 Å². The maximum Gasteiger partial charge on any atom is 0.453 e. The molecule has 0 saturated carbocycles. The number of rotatable bonds is 5. The van der Waals surface area contributed by atoms with E-state index in [0.717, 1.165) is 22.5 Å². The Morgan fingerprint density at radius 1 is 0.966 bits per heavy atom. The number of benzene rings is 1. The van der Waals surface area contributed by atoms with Gasteiger partial charge in [-0.05, 0) is 31.5 Å². The van der Waals surface area contributed by atoms with Gasteiger partial charge >= 0.3 is 6.18 Å². The summed E-state index contributed by atoms with van der Waals surface area (Å²) >= 11 is 0. The molecule has 0 radical (unpaired) electrons. The van der Waals surface area contributed by atoms with Crippen molar-refractivity contribution in [3.63, 3.8) is 0 Å². The van der Waals surface area contributed by atoms with Crippen LogP contribution >= 0.6 is 0 Å². The molecule has 0 aliphatic heterocycles. The summed E-state index contributed by atoms with van der Waals surface area (Å²) in [6.45, 7) is 4.91. The Bertz CT molecular complexity index is 1150. The first kappa shape index (κ1) is 18.9. The molecule has 0 unspecified atom stereocenters. The van der Waals surface area contributed by atoms with Crippen LogP contribution in [0.15, 0.2) is 42.5 Å². The van der Waals surface area contributed by atoms with Crippen LogP contribution in [-0.2, 0) is 19.3 Å². The van der Waals surface area contributed by atoms with Crippen molar-refractivity contribution in [1.82, 2.24) is 29.6 Å². The van der Waals surface area contributed by atoms with Gasteiger partial charge < -0.3 is 5.32 Å². The van der Waals surface area contributed by atoms with Crippen molar-refractivity contribution in [3.8, 4) is 0 Å². The van der Waals surface area contributed by atoms with E-state index in [-0.39, 0.29) is 11.5 Å². The normalized spacial score (nSPS) is 11.9. The second-order valence-electron chi connectivity index (χ2n) is 6.66. The number of anilines is 1. The van der Waals surface area contributed by atoms with Crippen LogP contribution in [0.2, 0.25) is 0 Å². The highest BCUT2D eigenvalue weighted by atomic mass is 19.4. The maximum atomic E-state index is 13.0. The molecule has 0 amide bonds. The fraction of sp³-hybridized carbons (Fsp3) is 0.263. The molecule has 4 rings (SSSR count). The van der Waals surface area contributed by atoms with Crippen LogP contribution in [0.4, 0.5) is 19.0 Å². The molecular formula is C19H18F3N7. The highest BCUT2D eigenvalue weighted by molar-refractivity contribution is 5.45. The fourth-order valence-corrected chi connectivity index (χ4v) is 3.14. The first-order valence-electron chi connectivity index (χ1n) is 8.93. The average Bonchev–Trinajstić information content (AvgIpc) is 3.22. The van der Waals surface area contributed by atoms with E-state index >= 15 is 0 Å². The van der Waals surface area contributed by atoms with Gasteiger partial charge in [0.15, 0.2) is 5.65 Å². The molecule has 7 nitrogen and oxygen atoms in total. The summed E-state index contributed by atoms with van der Waals surface area (Å²) in [6.07, 6.45) is -4.63. The van der Waals surface area contributed by atoms with E-state index in [1.807, 2.05) is 48.9 Å². The van der Waals surface area contributed by atoms with Crippen LogP contribution in [0.1, 0.15) is 28.3 Å². The van der Waals surface area contributed by atoms with Gasteiger partial charge in [0.05, 0.1) is 12.2 Å². The highest BCUT2D eigenvalue weighted by Crippen LogP contribution is 2.27. The molecule has 0 aliphatic rings. The summed E-state index contributed by atoms with van der Waals surface area (Å²) in [5, 5.41) is 18.3. The maximum absolute atomic E-state index is 13.0.